The standard InChI is InChI=1S/C29H52O14/c1-9-15(6)20(33)26(36)41-23(14(4)5)28(38)43-25(17(8)11-3)29(39)42-24(16(7)10-2)27(37)40-13-19(32)22(35)21(34)18(31)12-30/h14-25,30-35H,9-13H2,1-8H3/t15-,16-,17+,18+,19-,20-,21+,22-,23-,24-,25-/m0/s1. The quantitative estimate of drug-likeness (QED) is 0.0765. The highest BCUT2D eigenvalue weighted by Gasteiger charge is 2.40. The van der Waals surface area contributed by atoms with Crippen LogP contribution in [0.25, 0.3) is 0 Å². The molecule has 0 unspecified atom stereocenters. The van der Waals surface area contributed by atoms with Crippen molar-refractivity contribution in [3.05, 3.63) is 0 Å². The van der Waals surface area contributed by atoms with Gasteiger partial charge in [0.25, 0.3) is 0 Å². The number of ether oxygens (including phenoxy) is 4. The van der Waals surface area contributed by atoms with Crippen LogP contribution in [-0.2, 0) is 38.1 Å². The van der Waals surface area contributed by atoms with Gasteiger partial charge in [0.05, 0.1) is 6.61 Å². The summed E-state index contributed by atoms with van der Waals surface area (Å²) in [5.41, 5.74) is 0. The maximum atomic E-state index is 13.3. The summed E-state index contributed by atoms with van der Waals surface area (Å²) in [6.07, 6.45) is -12.2. The fourth-order valence-electron chi connectivity index (χ4n) is 3.62. The predicted molar refractivity (Wildman–Crippen MR) is 151 cm³/mol. The summed E-state index contributed by atoms with van der Waals surface area (Å²) < 4.78 is 21.2. The Balaban J connectivity index is 5.75. The fraction of sp³-hybridized carbons (Fsp3) is 0.862. The van der Waals surface area contributed by atoms with Crippen LogP contribution in [0.3, 0.4) is 0 Å². The van der Waals surface area contributed by atoms with Crippen molar-refractivity contribution in [3.63, 3.8) is 0 Å². The lowest BCUT2D eigenvalue weighted by Crippen LogP contribution is -2.48. The van der Waals surface area contributed by atoms with Gasteiger partial charge in [-0.1, -0.05) is 61.8 Å². The number of aliphatic hydroxyl groups is 6. The second kappa shape index (κ2) is 19.8. The van der Waals surface area contributed by atoms with Gasteiger partial charge < -0.3 is 49.6 Å². The molecule has 0 fully saturated rings. The van der Waals surface area contributed by atoms with E-state index in [-0.39, 0.29) is 0 Å². The molecule has 0 radical (unpaired) electrons. The Bertz CT molecular complexity index is 864. The van der Waals surface area contributed by atoms with E-state index in [4.69, 9.17) is 24.1 Å². The SMILES string of the molecule is CC[C@@H](C)[C@H](OC(=O)[C@@H](OC(=O)[C@@H](O)[C@@H](C)CC)C(C)C)C(=O)O[C@H](C(=O)OC[C@H](O)[C@H](O)[C@H](O)[C@H](O)CO)[C@@H](C)CC. The molecule has 14 heteroatoms. The molecular weight excluding hydrogens is 572 g/mol. The Labute approximate surface area is 253 Å². The predicted octanol–water partition coefficient (Wildman–Crippen LogP) is -0.144. The molecule has 0 aromatic rings. The lowest BCUT2D eigenvalue weighted by atomic mass is 9.99. The smallest absolute Gasteiger partial charge is 0.348 e. The highest BCUT2D eigenvalue weighted by atomic mass is 16.6. The van der Waals surface area contributed by atoms with E-state index in [9.17, 15) is 44.7 Å². The van der Waals surface area contributed by atoms with Crippen LogP contribution < -0.4 is 0 Å². The first-order valence-electron chi connectivity index (χ1n) is 14.8. The van der Waals surface area contributed by atoms with E-state index in [1.807, 2.05) is 0 Å². The van der Waals surface area contributed by atoms with Gasteiger partial charge in [-0.05, 0) is 18.8 Å². The van der Waals surface area contributed by atoms with Gasteiger partial charge in [-0.15, -0.1) is 0 Å². The number of esters is 4. The molecule has 252 valence electrons. The van der Waals surface area contributed by atoms with E-state index in [1.54, 1.807) is 55.4 Å². The molecule has 43 heavy (non-hydrogen) atoms. The topological polar surface area (TPSA) is 227 Å². The summed E-state index contributed by atoms with van der Waals surface area (Å²) >= 11 is 0. The van der Waals surface area contributed by atoms with Crippen molar-refractivity contribution in [1.82, 2.24) is 0 Å². The maximum absolute atomic E-state index is 13.3. The van der Waals surface area contributed by atoms with Gasteiger partial charge in [0.1, 0.15) is 31.0 Å². The van der Waals surface area contributed by atoms with E-state index in [0.29, 0.717) is 19.3 Å². The zero-order valence-corrected chi connectivity index (χ0v) is 26.4. The normalized spacial score (nSPS) is 19.4. The third-order valence-corrected chi connectivity index (χ3v) is 7.50. The van der Waals surface area contributed by atoms with E-state index in [2.05, 4.69) is 0 Å². The van der Waals surface area contributed by atoms with Crippen LogP contribution in [0.2, 0.25) is 0 Å². The molecule has 0 amide bonds. The second-order valence-electron chi connectivity index (χ2n) is 11.3. The number of rotatable bonds is 20. The second-order valence-corrected chi connectivity index (χ2v) is 11.3. The molecule has 0 aromatic heterocycles. The summed E-state index contributed by atoms with van der Waals surface area (Å²) in [5.74, 6) is -6.37. The van der Waals surface area contributed by atoms with E-state index in [0.717, 1.165) is 0 Å². The minimum atomic E-state index is -1.97. The van der Waals surface area contributed by atoms with Gasteiger partial charge >= 0.3 is 23.9 Å². The van der Waals surface area contributed by atoms with E-state index in [1.165, 1.54) is 0 Å². The molecule has 0 spiro atoms. The third-order valence-electron chi connectivity index (χ3n) is 7.50. The molecule has 0 rings (SSSR count). The number of carbonyl (C=O) groups excluding carboxylic acids is 4. The van der Waals surface area contributed by atoms with Crippen LogP contribution >= 0.6 is 0 Å². The first kappa shape index (κ1) is 40.6. The minimum Gasteiger partial charge on any atom is -0.460 e. The van der Waals surface area contributed by atoms with E-state index < -0.39 is 110 Å². The van der Waals surface area contributed by atoms with Crippen molar-refractivity contribution in [2.24, 2.45) is 23.7 Å². The lowest BCUT2D eigenvalue weighted by molar-refractivity contribution is -0.193. The van der Waals surface area contributed by atoms with Gasteiger partial charge in [-0.25, -0.2) is 19.2 Å². The molecule has 0 saturated carbocycles. The van der Waals surface area contributed by atoms with Crippen molar-refractivity contribution < 1.29 is 68.8 Å². The zero-order valence-electron chi connectivity index (χ0n) is 26.4. The summed E-state index contributed by atoms with van der Waals surface area (Å²) in [7, 11) is 0. The van der Waals surface area contributed by atoms with Crippen LogP contribution in [0, 0.1) is 23.7 Å². The van der Waals surface area contributed by atoms with Crippen LogP contribution in [0.5, 0.6) is 0 Å². The molecule has 14 nitrogen and oxygen atoms in total. The van der Waals surface area contributed by atoms with Crippen molar-refractivity contribution in [2.75, 3.05) is 13.2 Å². The van der Waals surface area contributed by atoms with Crippen molar-refractivity contribution >= 4 is 23.9 Å². The highest BCUT2D eigenvalue weighted by molar-refractivity contribution is 5.86. The fourth-order valence-corrected chi connectivity index (χ4v) is 3.62. The Morgan fingerprint density at radius 3 is 1.37 bits per heavy atom. The molecular formula is C29H52O14. The van der Waals surface area contributed by atoms with Gasteiger partial charge in [-0.3, -0.25) is 0 Å². The molecule has 0 aliphatic carbocycles. The van der Waals surface area contributed by atoms with Gasteiger partial charge in [0, 0.05) is 17.8 Å². The maximum Gasteiger partial charge on any atom is 0.348 e. The number of carbonyl (C=O) groups is 4. The molecule has 0 aliphatic rings. The number of hydrogen-bond acceptors (Lipinski definition) is 14. The van der Waals surface area contributed by atoms with Crippen LogP contribution in [0.4, 0.5) is 0 Å². The minimum absolute atomic E-state index is 0.345. The largest absolute Gasteiger partial charge is 0.460 e. The van der Waals surface area contributed by atoms with Gasteiger partial charge in [-0.2, -0.15) is 0 Å². The monoisotopic (exact) mass is 624 g/mol. The Morgan fingerprint density at radius 2 is 0.953 bits per heavy atom. The molecule has 0 aliphatic heterocycles. The average Bonchev–Trinajstić information content (AvgIpc) is 2.99. The molecule has 11 atom stereocenters. The molecule has 0 aromatic carbocycles. The summed E-state index contributed by atoms with van der Waals surface area (Å²) in [6.45, 7) is 11.5. The van der Waals surface area contributed by atoms with Crippen LogP contribution in [0.1, 0.15) is 74.7 Å². The number of hydrogen-bond donors (Lipinski definition) is 6. The summed E-state index contributed by atoms with van der Waals surface area (Å²) in [6, 6.07) is 0. The molecule has 0 saturated heterocycles. The van der Waals surface area contributed by atoms with Crippen molar-refractivity contribution in [3.8, 4) is 0 Å². The van der Waals surface area contributed by atoms with Gasteiger partial charge in [0.2, 0.25) is 18.3 Å². The molecule has 6 N–H and O–H groups in total. The summed E-state index contributed by atoms with van der Waals surface area (Å²) in [5, 5.41) is 58.3. The Hall–Kier alpha value is -2.36. The Morgan fingerprint density at radius 1 is 0.558 bits per heavy atom. The first-order chi connectivity index (χ1) is 20.0. The number of aliphatic hydroxyl groups excluding tert-OH is 6. The van der Waals surface area contributed by atoms with Crippen molar-refractivity contribution in [2.45, 2.75) is 123 Å². The summed E-state index contributed by atoms with van der Waals surface area (Å²) in [4.78, 5) is 51.7. The van der Waals surface area contributed by atoms with Crippen molar-refractivity contribution in [1.29, 1.82) is 0 Å². The van der Waals surface area contributed by atoms with Crippen LogP contribution in [-0.4, -0.2) is 117 Å². The van der Waals surface area contributed by atoms with Crippen LogP contribution in [0.15, 0.2) is 0 Å². The first-order valence-corrected chi connectivity index (χ1v) is 14.8. The van der Waals surface area contributed by atoms with E-state index >= 15 is 0 Å². The molecule has 0 heterocycles. The zero-order chi connectivity index (χ0) is 33.6. The molecule has 0 bridgehead atoms. The Kier molecular flexibility index (Phi) is 18.7. The highest BCUT2D eigenvalue weighted by Crippen LogP contribution is 2.22. The van der Waals surface area contributed by atoms with Gasteiger partial charge in [0.15, 0.2) is 6.10 Å². The third kappa shape index (κ3) is 12.6. The lowest BCUT2D eigenvalue weighted by Gasteiger charge is -2.29. The average molecular weight is 625 g/mol.